The molecule has 0 aliphatic rings. The van der Waals surface area contributed by atoms with E-state index in [1.165, 1.54) is 0 Å². The number of hydrogen-bond donors (Lipinski definition) is 1. The van der Waals surface area contributed by atoms with Crippen molar-refractivity contribution in [2.75, 3.05) is 5.73 Å². The van der Waals surface area contributed by atoms with E-state index in [0.29, 0.717) is 11.5 Å². The SMILES string of the molecule is Cc1cc(-c2ccccc2)c2c(N)noc2n1. The molecule has 2 N–H and O–H groups in total. The van der Waals surface area contributed by atoms with E-state index in [2.05, 4.69) is 10.1 Å². The van der Waals surface area contributed by atoms with E-state index >= 15 is 0 Å². The fraction of sp³-hybridized carbons (Fsp3) is 0.0769. The summed E-state index contributed by atoms with van der Waals surface area (Å²) >= 11 is 0. The Balaban J connectivity index is 2.39. The molecule has 0 spiro atoms. The van der Waals surface area contributed by atoms with Crippen LogP contribution in [0.4, 0.5) is 5.82 Å². The Labute approximate surface area is 98.1 Å². The molecule has 3 rings (SSSR count). The third kappa shape index (κ3) is 1.54. The largest absolute Gasteiger partial charge is 0.380 e. The van der Waals surface area contributed by atoms with Gasteiger partial charge in [0.25, 0.3) is 5.71 Å². The molecule has 0 atom stereocenters. The molecule has 2 aromatic heterocycles. The lowest BCUT2D eigenvalue weighted by Crippen LogP contribution is -1.89. The maximum atomic E-state index is 5.82. The van der Waals surface area contributed by atoms with Crippen LogP contribution < -0.4 is 5.73 Å². The second-order valence-corrected chi connectivity index (χ2v) is 3.93. The van der Waals surface area contributed by atoms with E-state index in [9.17, 15) is 0 Å². The van der Waals surface area contributed by atoms with Gasteiger partial charge in [-0.1, -0.05) is 35.5 Å². The molecule has 0 radical (unpaired) electrons. The summed E-state index contributed by atoms with van der Waals surface area (Å²) in [5.41, 5.74) is 9.28. The average Bonchev–Trinajstić information content (AvgIpc) is 2.71. The Bertz CT molecular complexity index is 674. The van der Waals surface area contributed by atoms with Gasteiger partial charge in [0.15, 0.2) is 5.82 Å². The highest BCUT2D eigenvalue weighted by atomic mass is 16.5. The maximum absolute atomic E-state index is 5.82. The molecule has 2 heterocycles. The Hall–Kier alpha value is -2.36. The summed E-state index contributed by atoms with van der Waals surface area (Å²) in [5, 5.41) is 4.54. The number of aryl methyl sites for hydroxylation is 1. The molecular formula is C13H11N3O. The first kappa shape index (κ1) is 9.84. The lowest BCUT2D eigenvalue weighted by molar-refractivity contribution is 0.452. The number of nitrogen functional groups attached to an aromatic ring is 1. The van der Waals surface area contributed by atoms with Gasteiger partial charge in [-0.25, -0.2) is 4.98 Å². The maximum Gasteiger partial charge on any atom is 0.260 e. The van der Waals surface area contributed by atoms with Crippen molar-refractivity contribution in [1.29, 1.82) is 0 Å². The number of nitrogens with zero attached hydrogens (tertiary/aromatic N) is 2. The van der Waals surface area contributed by atoms with Crippen molar-refractivity contribution >= 4 is 16.9 Å². The third-order valence-electron chi connectivity index (χ3n) is 2.69. The van der Waals surface area contributed by atoms with E-state index < -0.39 is 0 Å². The summed E-state index contributed by atoms with van der Waals surface area (Å²) in [6.45, 7) is 1.92. The van der Waals surface area contributed by atoms with Crippen LogP contribution in [0, 0.1) is 6.92 Å². The van der Waals surface area contributed by atoms with Gasteiger partial charge < -0.3 is 10.3 Å². The predicted octanol–water partition coefficient (Wildman–Crippen LogP) is 2.78. The van der Waals surface area contributed by atoms with Gasteiger partial charge in [0, 0.05) is 11.3 Å². The minimum absolute atomic E-state index is 0.381. The zero-order chi connectivity index (χ0) is 11.8. The summed E-state index contributed by atoms with van der Waals surface area (Å²) in [4.78, 5) is 4.27. The normalized spacial score (nSPS) is 10.9. The van der Waals surface area contributed by atoms with Gasteiger partial charge in [-0.05, 0) is 18.6 Å². The number of pyridine rings is 1. The quantitative estimate of drug-likeness (QED) is 0.691. The molecule has 0 bridgehead atoms. The van der Waals surface area contributed by atoms with Crippen molar-refractivity contribution in [3.05, 3.63) is 42.1 Å². The van der Waals surface area contributed by atoms with Crippen molar-refractivity contribution in [2.45, 2.75) is 6.92 Å². The fourth-order valence-electron chi connectivity index (χ4n) is 1.94. The monoisotopic (exact) mass is 225 g/mol. The van der Waals surface area contributed by atoms with Crippen molar-refractivity contribution in [3.63, 3.8) is 0 Å². The van der Waals surface area contributed by atoms with Gasteiger partial charge in [0.2, 0.25) is 0 Å². The van der Waals surface area contributed by atoms with Crippen molar-refractivity contribution in [1.82, 2.24) is 10.1 Å². The molecule has 3 aromatic rings. The minimum atomic E-state index is 0.381. The second kappa shape index (κ2) is 3.59. The summed E-state index contributed by atoms with van der Waals surface area (Å²) in [5.74, 6) is 0.381. The Kier molecular flexibility index (Phi) is 2.08. The first-order valence-corrected chi connectivity index (χ1v) is 5.33. The average molecular weight is 225 g/mol. The van der Waals surface area contributed by atoms with E-state index in [-0.39, 0.29) is 0 Å². The highest BCUT2D eigenvalue weighted by Gasteiger charge is 2.13. The molecule has 0 aliphatic heterocycles. The number of anilines is 1. The van der Waals surface area contributed by atoms with Crippen LogP contribution in [0.3, 0.4) is 0 Å². The second-order valence-electron chi connectivity index (χ2n) is 3.93. The van der Waals surface area contributed by atoms with Crippen molar-refractivity contribution in [3.8, 4) is 11.1 Å². The van der Waals surface area contributed by atoms with Gasteiger partial charge in [-0.3, -0.25) is 0 Å². The smallest absolute Gasteiger partial charge is 0.260 e. The molecule has 0 aliphatic carbocycles. The Morgan fingerprint density at radius 1 is 1.18 bits per heavy atom. The van der Waals surface area contributed by atoms with Crippen LogP contribution in [-0.2, 0) is 0 Å². The zero-order valence-corrected chi connectivity index (χ0v) is 9.34. The van der Waals surface area contributed by atoms with E-state index in [0.717, 1.165) is 22.2 Å². The van der Waals surface area contributed by atoms with Gasteiger partial charge in [0.1, 0.15) is 0 Å². The standard InChI is InChI=1S/C13H11N3O/c1-8-7-10(9-5-3-2-4-6-9)11-12(14)16-17-13(11)15-8/h2-7H,1H3,(H2,14,16). The molecule has 84 valence electrons. The third-order valence-corrected chi connectivity index (χ3v) is 2.69. The van der Waals surface area contributed by atoms with Crippen LogP contribution >= 0.6 is 0 Å². The van der Waals surface area contributed by atoms with Crippen LogP contribution in [0.25, 0.3) is 22.2 Å². The van der Waals surface area contributed by atoms with Crippen LogP contribution in [0.2, 0.25) is 0 Å². The molecule has 0 saturated heterocycles. The van der Waals surface area contributed by atoms with Crippen LogP contribution in [0.1, 0.15) is 5.69 Å². The summed E-state index contributed by atoms with van der Waals surface area (Å²) in [7, 11) is 0. The zero-order valence-electron chi connectivity index (χ0n) is 9.34. The summed E-state index contributed by atoms with van der Waals surface area (Å²) in [6.07, 6.45) is 0. The first-order chi connectivity index (χ1) is 8.25. The number of hydrogen-bond acceptors (Lipinski definition) is 4. The van der Waals surface area contributed by atoms with Gasteiger partial charge in [0.05, 0.1) is 5.39 Å². The molecular weight excluding hydrogens is 214 g/mol. The van der Waals surface area contributed by atoms with E-state index in [4.69, 9.17) is 10.3 Å². The minimum Gasteiger partial charge on any atom is -0.380 e. The Morgan fingerprint density at radius 2 is 1.94 bits per heavy atom. The fourth-order valence-corrected chi connectivity index (χ4v) is 1.94. The van der Waals surface area contributed by atoms with E-state index in [1.54, 1.807) is 0 Å². The summed E-state index contributed by atoms with van der Waals surface area (Å²) < 4.78 is 5.11. The molecule has 4 heteroatoms. The lowest BCUT2D eigenvalue weighted by Gasteiger charge is -2.03. The number of aromatic nitrogens is 2. The van der Waals surface area contributed by atoms with Crippen molar-refractivity contribution in [2.24, 2.45) is 0 Å². The van der Waals surface area contributed by atoms with Crippen LogP contribution in [0.5, 0.6) is 0 Å². The molecule has 0 unspecified atom stereocenters. The van der Waals surface area contributed by atoms with Gasteiger partial charge >= 0.3 is 0 Å². The molecule has 4 nitrogen and oxygen atoms in total. The molecule has 17 heavy (non-hydrogen) atoms. The topological polar surface area (TPSA) is 64.9 Å². The van der Waals surface area contributed by atoms with E-state index in [1.807, 2.05) is 43.3 Å². The van der Waals surface area contributed by atoms with Crippen LogP contribution in [-0.4, -0.2) is 10.1 Å². The summed E-state index contributed by atoms with van der Waals surface area (Å²) in [6, 6.07) is 12.0. The molecule has 0 amide bonds. The molecule has 1 aromatic carbocycles. The molecule has 0 fully saturated rings. The number of fused-ring (bicyclic) bond motifs is 1. The number of nitrogens with two attached hydrogens (primary N) is 1. The first-order valence-electron chi connectivity index (χ1n) is 5.33. The Morgan fingerprint density at radius 3 is 2.71 bits per heavy atom. The van der Waals surface area contributed by atoms with Crippen molar-refractivity contribution < 1.29 is 4.52 Å². The highest BCUT2D eigenvalue weighted by Crippen LogP contribution is 2.31. The highest BCUT2D eigenvalue weighted by molar-refractivity contribution is 5.98. The number of rotatable bonds is 1. The molecule has 0 saturated carbocycles. The van der Waals surface area contributed by atoms with Gasteiger partial charge in [-0.2, -0.15) is 0 Å². The predicted molar refractivity (Wildman–Crippen MR) is 66.4 cm³/mol. The van der Waals surface area contributed by atoms with Crippen LogP contribution in [0.15, 0.2) is 40.9 Å². The lowest BCUT2D eigenvalue weighted by atomic mass is 10.0. The number of benzene rings is 1. The van der Waals surface area contributed by atoms with Gasteiger partial charge in [-0.15, -0.1) is 0 Å².